The van der Waals surface area contributed by atoms with Gasteiger partial charge in [-0.2, -0.15) is 0 Å². The van der Waals surface area contributed by atoms with Gasteiger partial charge >= 0.3 is 0 Å². The summed E-state index contributed by atoms with van der Waals surface area (Å²) in [4.78, 5) is 38.9. The van der Waals surface area contributed by atoms with E-state index in [0.29, 0.717) is 16.3 Å². The molecule has 1 aliphatic carbocycles. The average Bonchev–Trinajstić information content (AvgIpc) is 3.37. The van der Waals surface area contributed by atoms with Crippen LogP contribution in [-0.2, 0) is 9.59 Å². The second kappa shape index (κ2) is 8.68. The molecular weight excluding hydrogens is 366 g/mol. The predicted octanol–water partition coefficient (Wildman–Crippen LogP) is 2.12. The number of benzene rings is 1. The highest BCUT2D eigenvalue weighted by Gasteiger charge is 2.34. The van der Waals surface area contributed by atoms with Crippen molar-refractivity contribution in [1.82, 2.24) is 10.2 Å². The number of carbonyl (C=O) groups is 3. The maximum absolute atomic E-state index is 12.5. The van der Waals surface area contributed by atoms with Crippen LogP contribution in [0.4, 0.5) is 5.69 Å². The zero-order valence-electron chi connectivity index (χ0n) is 14.9. The first kappa shape index (κ1) is 18.9. The highest BCUT2D eigenvalue weighted by molar-refractivity contribution is 7.12. The van der Waals surface area contributed by atoms with Crippen LogP contribution in [-0.4, -0.2) is 48.9 Å². The Morgan fingerprint density at radius 3 is 2.48 bits per heavy atom. The van der Waals surface area contributed by atoms with E-state index in [2.05, 4.69) is 10.6 Å². The molecule has 1 saturated carbocycles. The van der Waals surface area contributed by atoms with Gasteiger partial charge in [-0.1, -0.05) is 6.07 Å². The van der Waals surface area contributed by atoms with Crippen molar-refractivity contribution in [3.8, 4) is 5.75 Å². The van der Waals surface area contributed by atoms with E-state index in [1.165, 1.54) is 11.3 Å². The molecular formula is C19H21N3O4S. The summed E-state index contributed by atoms with van der Waals surface area (Å²) < 4.78 is 5.06. The van der Waals surface area contributed by atoms with Gasteiger partial charge < -0.3 is 20.3 Å². The van der Waals surface area contributed by atoms with Gasteiger partial charge in [0.2, 0.25) is 11.8 Å². The molecule has 1 aliphatic rings. The van der Waals surface area contributed by atoms with Gasteiger partial charge in [0, 0.05) is 11.7 Å². The normalized spacial score (nSPS) is 12.9. The van der Waals surface area contributed by atoms with E-state index >= 15 is 0 Å². The molecule has 8 heteroatoms. The van der Waals surface area contributed by atoms with Crippen LogP contribution in [0, 0.1) is 0 Å². The van der Waals surface area contributed by atoms with Gasteiger partial charge in [0.05, 0.1) is 18.5 Å². The molecule has 0 bridgehead atoms. The number of ether oxygens (including phenoxy) is 1. The summed E-state index contributed by atoms with van der Waals surface area (Å²) in [5, 5.41) is 7.10. The molecule has 1 fully saturated rings. The monoisotopic (exact) mass is 387 g/mol. The lowest BCUT2D eigenvalue weighted by Gasteiger charge is -2.21. The maximum Gasteiger partial charge on any atom is 0.264 e. The minimum absolute atomic E-state index is 0.0444. The SMILES string of the molecule is COc1ccc(NC(=O)CNC(=O)CN(C(=O)c2cccs2)C2CC2)cc1. The Hall–Kier alpha value is -2.87. The van der Waals surface area contributed by atoms with Gasteiger partial charge in [-0.25, -0.2) is 0 Å². The first-order valence-corrected chi connectivity index (χ1v) is 9.50. The summed E-state index contributed by atoms with van der Waals surface area (Å²) in [6.07, 6.45) is 1.81. The third kappa shape index (κ3) is 5.30. The van der Waals surface area contributed by atoms with Crippen molar-refractivity contribution < 1.29 is 19.1 Å². The molecule has 7 nitrogen and oxygen atoms in total. The number of nitrogens with one attached hydrogen (secondary N) is 2. The zero-order chi connectivity index (χ0) is 19.2. The van der Waals surface area contributed by atoms with Crippen molar-refractivity contribution >= 4 is 34.7 Å². The van der Waals surface area contributed by atoms with Crippen LogP contribution in [0.3, 0.4) is 0 Å². The topological polar surface area (TPSA) is 87.7 Å². The molecule has 1 aromatic carbocycles. The molecule has 27 heavy (non-hydrogen) atoms. The minimum Gasteiger partial charge on any atom is -0.497 e. The van der Waals surface area contributed by atoms with Gasteiger partial charge in [0.25, 0.3) is 5.91 Å². The van der Waals surface area contributed by atoms with Crippen LogP contribution >= 0.6 is 11.3 Å². The van der Waals surface area contributed by atoms with Crippen molar-refractivity contribution in [2.24, 2.45) is 0 Å². The van der Waals surface area contributed by atoms with Crippen molar-refractivity contribution in [3.05, 3.63) is 46.7 Å². The standard InChI is InChI=1S/C19H21N3O4S/c1-26-15-8-4-13(5-9-15)21-17(23)11-20-18(24)12-22(14-6-7-14)19(25)16-3-2-10-27-16/h2-5,8-10,14H,6-7,11-12H2,1H3,(H,20,24)(H,21,23). The Labute approximate surface area is 161 Å². The zero-order valence-corrected chi connectivity index (χ0v) is 15.8. The number of hydrogen-bond donors (Lipinski definition) is 2. The van der Waals surface area contributed by atoms with E-state index < -0.39 is 0 Å². The molecule has 0 spiro atoms. The number of hydrogen-bond acceptors (Lipinski definition) is 5. The van der Waals surface area contributed by atoms with Crippen LogP contribution in [0.25, 0.3) is 0 Å². The van der Waals surface area contributed by atoms with Crippen molar-refractivity contribution in [2.45, 2.75) is 18.9 Å². The maximum atomic E-state index is 12.5. The summed E-state index contributed by atoms with van der Waals surface area (Å²) in [6, 6.07) is 10.6. The molecule has 1 aromatic heterocycles. The van der Waals surface area contributed by atoms with Gasteiger partial charge in [-0.3, -0.25) is 14.4 Å². The molecule has 142 valence electrons. The van der Waals surface area contributed by atoms with E-state index in [4.69, 9.17) is 4.74 Å². The molecule has 0 aliphatic heterocycles. The van der Waals surface area contributed by atoms with Gasteiger partial charge in [0.15, 0.2) is 0 Å². The fourth-order valence-corrected chi connectivity index (χ4v) is 3.24. The molecule has 0 saturated heterocycles. The second-order valence-corrected chi connectivity index (χ2v) is 7.14. The van der Waals surface area contributed by atoms with Crippen molar-refractivity contribution in [2.75, 3.05) is 25.5 Å². The third-order valence-electron chi connectivity index (χ3n) is 4.11. The number of nitrogens with zero attached hydrogens (tertiary/aromatic N) is 1. The molecule has 0 atom stereocenters. The number of thiophene rings is 1. The van der Waals surface area contributed by atoms with Crippen LogP contribution < -0.4 is 15.4 Å². The lowest BCUT2D eigenvalue weighted by molar-refractivity contribution is -0.124. The second-order valence-electron chi connectivity index (χ2n) is 6.19. The van der Waals surface area contributed by atoms with Crippen LogP contribution in [0.5, 0.6) is 5.75 Å². The fraction of sp³-hybridized carbons (Fsp3) is 0.316. The number of anilines is 1. The number of methoxy groups -OCH3 is 1. The highest BCUT2D eigenvalue weighted by atomic mass is 32.1. The Morgan fingerprint density at radius 2 is 1.89 bits per heavy atom. The molecule has 2 N–H and O–H groups in total. The molecule has 3 rings (SSSR count). The largest absolute Gasteiger partial charge is 0.497 e. The van der Waals surface area contributed by atoms with E-state index in [1.54, 1.807) is 42.3 Å². The summed E-state index contributed by atoms with van der Waals surface area (Å²) >= 11 is 1.36. The lowest BCUT2D eigenvalue weighted by Crippen LogP contribution is -2.43. The Balaban J connectivity index is 1.47. The molecule has 0 unspecified atom stereocenters. The van der Waals surface area contributed by atoms with Crippen LogP contribution in [0.1, 0.15) is 22.5 Å². The van der Waals surface area contributed by atoms with Crippen molar-refractivity contribution in [1.29, 1.82) is 0 Å². The summed E-state index contributed by atoms with van der Waals surface area (Å²) in [5.74, 6) is -0.130. The Morgan fingerprint density at radius 1 is 1.15 bits per heavy atom. The summed E-state index contributed by atoms with van der Waals surface area (Å²) in [6.45, 7) is -0.201. The Kier molecular flexibility index (Phi) is 6.08. The number of carbonyl (C=O) groups excluding carboxylic acids is 3. The van der Waals surface area contributed by atoms with Gasteiger partial charge in [-0.05, 0) is 48.6 Å². The van der Waals surface area contributed by atoms with Crippen LogP contribution in [0.15, 0.2) is 41.8 Å². The third-order valence-corrected chi connectivity index (χ3v) is 4.97. The van der Waals surface area contributed by atoms with Gasteiger partial charge in [-0.15, -0.1) is 11.3 Å². The smallest absolute Gasteiger partial charge is 0.264 e. The first-order chi connectivity index (χ1) is 13.1. The van der Waals surface area contributed by atoms with E-state index in [9.17, 15) is 14.4 Å². The van der Waals surface area contributed by atoms with Crippen molar-refractivity contribution in [3.63, 3.8) is 0 Å². The summed E-state index contributed by atoms with van der Waals surface area (Å²) in [5.41, 5.74) is 0.613. The fourth-order valence-electron chi connectivity index (χ4n) is 2.56. The van der Waals surface area contributed by atoms with Crippen LogP contribution in [0.2, 0.25) is 0 Å². The highest BCUT2D eigenvalue weighted by Crippen LogP contribution is 2.28. The van der Waals surface area contributed by atoms with E-state index in [0.717, 1.165) is 12.8 Å². The number of amides is 3. The quantitative estimate of drug-likeness (QED) is 0.726. The molecule has 0 radical (unpaired) electrons. The average molecular weight is 387 g/mol. The van der Waals surface area contributed by atoms with E-state index in [1.807, 2.05) is 11.4 Å². The Bertz CT molecular complexity index is 801. The lowest BCUT2D eigenvalue weighted by atomic mass is 10.3. The minimum atomic E-state index is -0.350. The van der Waals surface area contributed by atoms with Gasteiger partial charge in [0.1, 0.15) is 12.3 Å². The number of rotatable bonds is 8. The van der Waals surface area contributed by atoms with E-state index in [-0.39, 0.29) is 36.9 Å². The summed E-state index contributed by atoms with van der Waals surface area (Å²) in [7, 11) is 1.57. The molecule has 3 amide bonds. The predicted molar refractivity (Wildman–Crippen MR) is 103 cm³/mol. The first-order valence-electron chi connectivity index (χ1n) is 8.62. The molecule has 1 heterocycles. The molecule has 2 aromatic rings.